The second-order valence-electron chi connectivity index (χ2n) is 12.9. The van der Waals surface area contributed by atoms with Crippen molar-refractivity contribution < 1.29 is 9.53 Å². The van der Waals surface area contributed by atoms with Crippen LogP contribution in [0.25, 0.3) is 11.8 Å². The van der Waals surface area contributed by atoms with Crippen molar-refractivity contribution in [1.29, 1.82) is 0 Å². The number of hydrogen-bond donors (Lipinski definition) is 3. The summed E-state index contributed by atoms with van der Waals surface area (Å²) in [5.74, 6) is 0.717. The zero-order valence-corrected chi connectivity index (χ0v) is 30.6. The third-order valence-corrected chi connectivity index (χ3v) is 9.38. The van der Waals surface area contributed by atoms with E-state index in [1.54, 1.807) is 30.3 Å². The number of carbonyl (C=O) groups is 1. The van der Waals surface area contributed by atoms with E-state index in [9.17, 15) is 10.0 Å². The van der Waals surface area contributed by atoms with Crippen LogP contribution in [0.2, 0.25) is 10.2 Å². The van der Waals surface area contributed by atoms with E-state index in [0.29, 0.717) is 52.3 Å². The molecule has 3 N–H and O–H groups in total. The van der Waals surface area contributed by atoms with E-state index in [2.05, 4.69) is 71.9 Å². The van der Waals surface area contributed by atoms with Gasteiger partial charge in [0, 0.05) is 91.7 Å². The summed E-state index contributed by atoms with van der Waals surface area (Å²) in [6, 6.07) is 20.3. The Morgan fingerprint density at radius 2 is 1.73 bits per heavy atom. The molecule has 1 atom stereocenters. The molecule has 12 nitrogen and oxygen atoms in total. The molecule has 0 saturated carbocycles. The molecule has 2 aromatic heterocycles. The van der Waals surface area contributed by atoms with Crippen molar-refractivity contribution in [2.75, 3.05) is 88.4 Å². The minimum absolute atomic E-state index is 0.177. The maximum absolute atomic E-state index is 13.7. The Labute approximate surface area is 308 Å². The van der Waals surface area contributed by atoms with Gasteiger partial charge in [-0.3, -0.25) is 4.79 Å². The normalized spacial score (nSPS) is 16.2. The third-order valence-electron chi connectivity index (χ3n) is 8.86. The molecular formula is C37H42Cl2N9O3-. The first-order chi connectivity index (χ1) is 24.6. The van der Waals surface area contributed by atoms with Gasteiger partial charge in [-0.25, -0.2) is 9.97 Å². The number of rotatable bonds is 12. The van der Waals surface area contributed by atoms with Crippen LogP contribution >= 0.6 is 23.2 Å². The van der Waals surface area contributed by atoms with Crippen LogP contribution in [0.4, 0.5) is 23.0 Å². The lowest BCUT2D eigenvalue weighted by atomic mass is 10.0. The van der Waals surface area contributed by atoms with Crippen LogP contribution in [0.5, 0.6) is 0 Å². The van der Waals surface area contributed by atoms with Crippen LogP contribution in [0.3, 0.4) is 0 Å². The summed E-state index contributed by atoms with van der Waals surface area (Å²) in [4.78, 5) is 29.3. The highest BCUT2D eigenvalue weighted by molar-refractivity contribution is 6.32. The van der Waals surface area contributed by atoms with Gasteiger partial charge in [0.15, 0.2) is 6.23 Å². The van der Waals surface area contributed by atoms with Crippen molar-refractivity contribution in [3.8, 4) is 0 Å². The predicted molar refractivity (Wildman–Crippen MR) is 206 cm³/mol. The van der Waals surface area contributed by atoms with Crippen LogP contribution in [-0.2, 0) is 11.3 Å². The Morgan fingerprint density at radius 1 is 0.961 bits per heavy atom. The number of hydroxylamine groups is 2. The Hall–Kier alpha value is -4.43. The first-order valence-corrected chi connectivity index (χ1v) is 17.5. The van der Waals surface area contributed by atoms with Crippen molar-refractivity contribution in [1.82, 2.24) is 24.8 Å². The van der Waals surface area contributed by atoms with Gasteiger partial charge < -0.3 is 45.7 Å². The second kappa shape index (κ2) is 16.3. The molecule has 2 aliphatic heterocycles. The first-order valence-electron chi connectivity index (χ1n) is 16.7. The van der Waals surface area contributed by atoms with Gasteiger partial charge in [0.1, 0.15) is 16.8 Å². The van der Waals surface area contributed by atoms with Gasteiger partial charge in [-0.1, -0.05) is 35.3 Å². The Balaban J connectivity index is 1.14. The number of nitrogens with one attached hydrogen (secondary N) is 3. The van der Waals surface area contributed by atoms with Crippen molar-refractivity contribution in [3.05, 3.63) is 110 Å². The molecule has 2 aliphatic rings. The molecule has 268 valence electrons. The Morgan fingerprint density at radius 3 is 2.45 bits per heavy atom. The summed E-state index contributed by atoms with van der Waals surface area (Å²) in [6.07, 6.45) is 0.728. The molecule has 4 aromatic rings. The molecular weight excluding hydrogens is 689 g/mol. The lowest BCUT2D eigenvalue weighted by Gasteiger charge is -2.43. The Bertz CT molecular complexity index is 1880. The van der Waals surface area contributed by atoms with Crippen molar-refractivity contribution in [2.45, 2.75) is 12.8 Å². The molecule has 0 radical (unpaired) electrons. The van der Waals surface area contributed by atoms with E-state index < -0.39 is 12.1 Å². The highest BCUT2D eigenvalue weighted by Gasteiger charge is 2.27. The highest BCUT2D eigenvalue weighted by atomic mass is 35.5. The van der Waals surface area contributed by atoms with E-state index in [4.69, 9.17) is 27.9 Å². The van der Waals surface area contributed by atoms with Crippen LogP contribution < -0.4 is 20.9 Å². The number of ether oxygens (including phenoxy) is 1. The van der Waals surface area contributed by atoms with Gasteiger partial charge in [-0.15, -0.1) is 0 Å². The number of pyridine rings is 2. The lowest BCUT2D eigenvalue weighted by Crippen LogP contribution is -2.44. The fourth-order valence-electron chi connectivity index (χ4n) is 5.97. The minimum atomic E-state index is -0.996. The molecule has 14 heteroatoms. The second-order valence-corrected chi connectivity index (χ2v) is 13.7. The van der Waals surface area contributed by atoms with Gasteiger partial charge in [-0.05, 0) is 87.4 Å². The van der Waals surface area contributed by atoms with E-state index in [-0.39, 0.29) is 10.9 Å². The van der Waals surface area contributed by atoms with Gasteiger partial charge >= 0.3 is 0 Å². The molecule has 6 rings (SSSR count). The summed E-state index contributed by atoms with van der Waals surface area (Å²) in [6.45, 7) is 6.15. The quantitative estimate of drug-likeness (QED) is 0.142. The summed E-state index contributed by atoms with van der Waals surface area (Å²) in [5.41, 5.74) is 4.96. The summed E-state index contributed by atoms with van der Waals surface area (Å²) in [5, 5.41) is 24.4. The smallest absolute Gasteiger partial charge is 0.255 e. The Kier molecular flexibility index (Phi) is 11.6. The van der Waals surface area contributed by atoms with Crippen LogP contribution in [0.1, 0.15) is 39.0 Å². The summed E-state index contributed by atoms with van der Waals surface area (Å²) in [7, 11) is 7.60. The fraction of sp³-hybridized carbons (Fsp3) is 0.324. The van der Waals surface area contributed by atoms with Crippen LogP contribution in [0.15, 0.2) is 66.7 Å². The van der Waals surface area contributed by atoms with E-state index >= 15 is 0 Å². The van der Waals surface area contributed by atoms with Crippen molar-refractivity contribution in [3.63, 3.8) is 0 Å². The molecule has 0 bridgehead atoms. The number of aromatic nitrogens is 2. The first kappa shape index (κ1) is 36.4. The largest absolute Gasteiger partial charge is 0.756 e. The van der Waals surface area contributed by atoms with E-state index in [1.807, 2.05) is 26.2 Å². The van der Waals surface area contributed by atoms with Gasteiger partial charge in [-0.2, -0.15) is 0 Å². The van der Waals surface area contributed by atoms with Gasteiger partial charge in [0.25, 0.3) is 5.91 Å². The van der Waals surface area contributed by atoms with Crippen LogP contribution in [-0.4, -0.2) is 98.3 Å². The number of fused-ring (bicyclic) bond motifs is 1. The number of likely N-dealkylation sites (N-methyl/N-ethyl adjacent to an activating group) is 2. The standard InChI is InChI=1S/C37H42Cl2N9O3/c1-45(2)14-13-40-33-12-7-25-19-31(48(50)37(51-4)35(25)44-33)29-22-27(8-11-30(29)38)42-36(49)26-20-32(39)43-34(21-26)41-23-24-5-9-28(10-6-24)47-17-15-46(3)16-18-47/h5-12,19-22,37H,13-18,23H2,1-4H3,(H,40,44)(H,41,43)(H,42,49)/q-1. The molecule has 0 spiro atoms. The third kappa shape index (κ3) is 8.90. The summed E-state index contributed by atoms with van der Waals surface area (Å²) >= 11 is 13.0. The van der Waals surface area contributed by atoms with Crippen LogP contribution in [0, 0.1) is 5.21 Å². The van der Waals surface area contributed by atoms with Crippen molar-refractivity contribution >= 4 is 63.9 Å². The number of anilines is 4. The number of piperazine rings is 1. The number of benzene rings is 2. The zero-order chi connectivity index (χ0) is 36.1. The zero-order valence-electron chi connectivity index (χ0n) is 29.1. The summed E-state index contributed by atoms with van der Waals surface area (Å²) < 4.78 is 5.61. The molecule has 1 fully saturated rings. The van der Waals surface area contributed by atoms with Gasteiger partial charge in [0.2, 0.25) is 0 Å². The number of carbonyl (C=O) groups excluding carboxylic acids is 1. The van der Waals surface area contributed by atoms with E-state index in [0.717, 1.165) is 48.9 Å². The number of nitrogens with zero attached hydrogens (tertiary/aromatic N) is 6. The predicted octanol–water partition coefficient (Wildman–Crippen LogP) is 6.33. The molecule has 1 saturated heterocycles. The molecule has 1 unspecified atom stereocenters. The maximum atomic E-state index is 13.7. The lowest BCUT2D eigenvalue weighted by molar-refractivity contribution is 0.0185. The molecule has 1 amide bonds. The average Bonchev–Trinajstić information content (AvgIpc) is 3.11. The number of hydrogen-bond acceptors (Lipinski definition) is 11. The monoisotopic (exact) mass is 730 g/mol. The van der Waals surface area contributed by atoms with Crippen molar-refractivity contribution in [2.24, 2.45) is 0 Å². The fourth-order valence-corrected chi connectivity index (χ4v) is 6.39. The molecule has 0 aliphatic carbocycles. The SMILES string of the molecule is COC1c2nc(NCCN(C)C)ccc2C=C(c2cc(NC(=O)c3cc(Cl)nc(NCc4ccc(N5CCN(C)CC5)cc4)c3)ccc2Cl)N1[O-]. The molecule has 4 heterocycles. The molecule has 2 aromatic carbocycles. The highest BCUT2D eigenvalue weighted by Crippen LogP contribution is 2.40. The topological polar surface area (TPSA) is 124 Å². The number of amides is 1. The van der Waals surface area contributed by atoms with E-state index in [1.165, 1.54) is 18.9 Å². The maximum Gasteiger partial charge on any atom is 0.255 e. The minimum Gasteiger partial charge on any atom is -0.756 e. The number of halogens is 2. The average molecular weight is 732 g/mol. The van der Waals surface area contributed by atoms with Gasteiger partial charge in [0.05, 0.1) is 5.69 Å². The molecule has 51 heavy (non-hydrogen) atoms. The number of methoxy groups -OCH3 is 1.